The van der Waals surface area contributed by atoms with E-state index >= 15 is 0 Å². The summed E-state index contributed by atoms with van der Waals surface area (Å²) < 4.78 is 0.984. The van der Waals surface area contributed by atoms with Crippen LogP contribution in [0.25, 0.3) is 0 Å². The monoisotopic (exact) mass is 420 g/mol. The highest BCUT2D eigenvalue weighted by atomic mass is 127. The van der Waals surface area contributed by atoms with E-state index in [0.29, 0.717) is 6.54 Å². The Labute approximate surface area is 149 Å². The Hall–Kier alpha value is -1.89. The number of nitrogens with zero attached hydrogens (tertiary/aromatic N) is 1. The fourth-order valence-corrected chi connectivity index (χ4v) is 3.18. The number of nitrogens with one attached hydrogen (secondary N) is 1. The van der Waals surface area contributed by atoms with E-state index in [0.717, 1.165) is 20.5 Å². The molecule has 1 aliphatic heterocycles. The summed E-state index contributed by atoms with van der Waals surface area (Å²) in [7, 11) is 0. The molecule has 118 valence electrons. The van der Waals surface area contributed by atoms with Crippen LogP contribution in [0.15, 0.2) is 48.5 Å². The van der Waals surface area contributed by atoms with Crippen molar-refractivity contribution in [2.45, 2.75) is 13.3 Å². The average molecular weight is 420 g/mol. The summed E-state index contributed by atoms with van der Waals surface area (Å²) in [6.45, 7) is 2.43. The Bertz CT molecular complexity index is 743. The van der Waals surface area contributed by atoms with Crippen LogP contribution in [-0.2, 0) is 9.59 Å². The minimum Gasteiger partial charge on any atom is -0.325 e. The third-order valence-electron chi connectivity index (χ3n) is 3.97. The van der Waals surface area contributed by atoms with Gasteiger partial charge in [-0.25, -0.2) is 0 Å². The van der Waals surface area contributed by atoms with Crippen molar-refractivity contribution in [3.63, 3.8) is 0 Å². The minimum atomic E-state index is -0.320. The maximum absolute atomic E-state index is 12.5. The average Bonchev–Trinajstić information content (AvgIpc) is 2.92. The molecule has 0 bridgehead atoms. The number of halogens is 1. The fourth-order valence-electron chi connectivity index (χ4n) is 2.65. The number of aryl methyl sites for hydroxylation is 1. The lowest BCUT2D eigenvalue weighted by molar-refractivity contribution is -0.122. The van der Waals surface area contributed by atoms with Crippen molar-refractivity contribution in [3.05, 3.63) is 57.7 Å². The van der Waals surface area contributed by atoms with E-state index in [-0.39, 0.29) is 24.2 Å². The van der Waals surface area contributed by atoms with Crippen LogP contribution in [0.4, 0.5) is 11.4 Å². The van der Waals surface area contributed by atoms with Crippen LogP contribution >= 0.6 is 22.6 Å². The molecule has 5 heteroatoms. The van der Waals surface area contributed by atoms with Crippen LogP contribution in [0.2, 0.25) is 0 Å². The number of carbonyl (C=O) groups excluding carboxylic acids is 2. The van der Waals surface area contributed by atoms with Gasteiger partial charge in [-0.15, -0.1) is 0 Å². The second-order valence-electron chi connectivity index (χ2n) is 5.71. The molecule has 1 fully saturated rings. The third-order valence-corrected chi connectivity index (χ3v) is 4.91. The van der Waals surface area contributed by atoms with Gasteiger partial charge >= 0.3 is 0 Å². The number of para-hydroxylation sites is 1. The van der Waals surface area contributed by atoms with Crippen LogP contribution in [-0.4, -0.2) is 18.4 Å². The molecule has 0 spiro atoms. The van der Waals surface area contributed by atoms with E-state index in [1.807, 2.05) is 55.5 Å². The smallest absolute Gasteiger partial charge is 0.229 e. The summed E-state index contributed by atoms with van der Waals surface area (Å²) in [4.78, 5) is 26.4. The van der Waals surface area contributed by atoms with Gasteiger partial charge in [0.1, 0.15) is 0 Å². The standard InChI is InChI=1S/C18H17IN2O2/c1-12-6-8-14(9-7-12)21-11-13(10-17(21)22)18(23)20-16-5-3-2-4-15(16)19/h2-9,13H,10-11H2,1H3,(H,20,23)/t13-/m1/s1. The maximum atomic E-state index is 12.5. The second kappa shape index (κ2) is 6.70. The van der Waals surface area contributed by atoms with Crippen LogP contribution in [0, 0.1) is 16.4 Å². The molecule has 0 saturated carbocycles. The van der Waals surface area contributed by atoms with Crippen molar-refractivity contribution in [2.75, 3.05) is 16.8 Å². The number of hydrogen-bond donors (Lipinski definition) is 1. The molecule has 1 saturated heterocycles. The van der Waals surface area contributed by atoms with E-state index in [9.17, 15) is 9.59 Å². The Balaban J connectivity index is 1.71. The van der Waals surface area contributed by atoms with Crippen molar-refractivity contribution in [3.8, 4) is 0 Å². The van der Waals surface area contributed by atoms with Gasteiger partial charge in [-0.2, -0.15) is 0 Å². The molecular formula is C18H17IN2O2. The Morgan fingerprint density at radius 3 is 2.57 bits per heavy atom. The van der Waals surface area contributed by atoms with Crippen molar-refractivity contribution in [2.24, 2.45) is 5.92 Å². The van der Waals surface area contributed by atoms with Gasteiger partial charge in [0.2, 0.25) is 11.8 Å². The van der Waals surface area contributed by atoms with E-state index in [4.69, 9.17) is 0 Å². The summed E-state index contributed by atoms with van der Waals surface area (Å²) in [5.74, 6) is -0.423. The van der Waals surface area contributed by atoms with Crippen molar-refractivity contribution >= 4 is 45.8 Å². The number of carbonyl (C=O) groups is 2. The van der Waals surface area contributed by atoms with Gasteiger partial charge in [0.05, 0.1) is 11.6 Å². The molecule has 2 aromatic rings. The first-order chi connectivity index (χ1) is 11.0. The predicted octanol–water partition coefficient (Wildman–Crippen LogP) is 3.59. The zero-order valence-electron chi connectivity index (χ0n) is 12.8. The Kier molecular flexibility index (Phi) is 4.66. The first-order valence-corrected chi connectivity index (χ1v) is 8.55. The zero-order chi connectivity index (χ0) is 16.4. The quantitative estimate of drug-likeness (QED) is 0.772. The third kappa shape index (κ3) is 3.55. The summed E-state index contributed by atoms with van der Waals surface area (Å²) in [5.41, 5.74) is 2.79. The van der Waals surface area contributed by atoms with E-state index < -0.39 is 0 Å². The molecule has 0 unspecified atom stereocenters. The van der Waals surface area contributed by atoms with Crippen LogP contribution in [0.1, 0.15) is 12.0 Å². The molecule has 1 N–H and O–H groups in total. The zero-order valence-corrected chi connectivity index (χ0v) is 14.9. The number of hydrogen-bond acceptors (Lipinski definition) is 2. The lowest BCUT2D eigenvalue weighted by atomic mass is 10.1. The van der Waals surface area contributed by atoms with Crippen LogP contribution in [0.3, 0.4) is 0 Å². The number of anilines is 2. The van der Waals surface area contributed by atoms with Gasteiger partial charge in [0, 0.05) is 22.2 Å². The number of rotatable bonds is 3. The van der Waals surface area contributed by atoms with Crippen LogP contribution in [0.5, 0.6) is 0 Å². The molecule has 0 aromatic heterocycles. The highest BCUT2D eigenvalue weighted by Crippen LogP contribution is 2.27. The Morgan fingerprint density at radius 2 is 1.87 bits per heavy atom. The SMILES string of the molecule is Cc1ccc(N2C[C@H](C(=O)Nc3ccccc3I)CC2=O)cc1. The molecule has 0 aliphatic carbocycles. The highest BCUT2D eigenvalue weighted by molar-refractivity contribution is 14.1. The molecule has 2 amide bonds. The lowest BCUT2D eigenvalue weighted by Gasteiger charge is -2.17. The molecule has 4 nitrogen and oxygen atoms in total. The first kappa shape index (κ1) is 16.0. The summed E-state index contributed by atoms with van der Waals surface area (Å²) in [6, 6.07) is 15.4. The van der Waals surface area contributed by atoms with Crippen LogP contribution < -0.4 is 10.2 Å². The van der Waals surface area contributed by atoms with Gasteiger partial charge in [-0.3, -0.25) is 9.59 Å². The Morgan fingerprint density at radius 1 is 1.17 bits per heavy atom. The lowest BCUT2D eigenvalue weighted by Crippen LogP contribution is -2.28. The molecular weight excluding hydrogens is 403 g/mol. The van der Waals surface area contributed by atoms with Gasteiger partial charge < -0.3 is 10.2 Å². The minimum absolute atomic E-state index is 0.00300. The van der Waals surface area contributed by atoms with Gasteiger partial charge in [-0.05, 0) is 53.8 Å². The largest absolute Gasteiger partial charge is 0.325 e. The maximum Gasteiger partial charge on any atom is 0.229 e. The highest BCUT2D eigenvalue weighted by Gasteiger charge is 2.35. The van der Waals surface area contributed by atoms with Gasteiger partial charge in [-0.1, -0.05) is 29.8 Å². The van der Waals surface area contributed by atoms with Crippen molar-refractivity contribution in [1.29, 1.82) is 0 Å². The van der Waals surface area contributed by atoms with E-state index in [1.54, 1.807) is 4.90 Å². The molecule has 2 aromatic carbocycles. The predicted molar refractivity (Wildman–Crippen MR) is 99.4 cm³/mol. The van der Waals surface area contributed by atoms with Gasteiger partial charge in [0.25, 0.3) is 0 Å². The summed E-state index contributed by atoms with van der Waals surface area (Å²) in [6.07, 6.45) is 0.253. The van der Waals surface area contributed by atoms with E-state index in [2.05, 4.69) is 27.9 Å². The molecule has 23 heavy (non-hydrogen) atoms. The first-order valence-electron chi connectivity index (χ1n) is 7.47. The van der Waals surface area contributed by atoms with Crippen molar-refractivity contribution in [1.82, 2.24) is 0 Å². The number of amides is 2. The molecule has 0 radical (unpaired) electrons. The number of benzene rings is 2. The second-order valence-corrected chi connectivity index (χ2v) is 6.87. The molecule has 1 aliphatic rings. The van der Waals surface area contributed by atoms with E-state index in [1.165, 1.54) is 0 Å². The molecule has 1 heterocycles. The topological polar surface area (TPSA) is 49.4 Å². The molecule has 3 rings (SSSR count). The fraction of sp³-hybridized carbons (Fsp3) is 0.222. The summed E-state index contributed by atoms with van der Waals surface area (Å²) in [5, 5.41) is 2.93. The van der Waals surface area contributed by atoms with Gasteiger partial charge in [0.15, 0.2) is 0 Å². The molecule has 1 atom stereocenters. The van der Waals surface area contributed by atoms with Crippen molar-refractivity contribution < 1.29 is 9.59 Å². The summed E-state index contributed by atoms with van der Waals surface area (Å²) >= 11 is 2.19. The normalized spacial score (nSPS) is 17.4.